The molecule has 5 nitrogen and oxygen atoms in total. The van der Waals surface area contributed by atoms with Gasteiger partial charge in [-0.05, 0) is 37.5 Å². The van der Waals surface area contributed by atoms with Gasteiger partial charge >= 0.3 is 0 Å². The molecule has 1 heterocycles. The van der Waals surface area contributed by atoms with Crippen molar-refractivity contribution in [3.63, 3.8) is 0 Å². The standard InChI is InChI=1S/C14H15ClN2O3/c1-7-5-8(2)12(19-4)13(9(7)3)20-14-10(18)6-11(15)16-17-14/h5-6H,1-4H3,(H,16,18). The maximum atomic E-state index is 9.79. The molecule has 1 aromatic heterocycles. The Labute approximate surface area is 122 Å². The second-order valence-corrected chi connectivity index (χ2v) is 4.84. The molecule has 0 aliphatic heterocycles. The zero-order valence-electron chi connectivity index (χ0n) is 11.7. The second kappa shape index (κ2) is 5.54. The Balaban J connectivity index is 2.52. The Morgan fingerprint density at radius 2 is 1.75 bits per heavy atom. The lowest BCUT2D eigenvalue weighted by Crippen LogP contribution is -1.99. The van der Waals surface area contributed by atoms with E-state index in [9.17, 15) is 5.11 Å². The van der Waals surface area contributed by atoms with Crippen LogP contribution in [-0.4, -0.2) is 22.4 Å². The molecule has 0 aliphatic rings. The van der Waals surface area contributed by atoms with E-state index in [2.05, 4.69) is 10.2 Å². The van der Waals surface area contributed by atoms with Crippen LogP contribution in [0.25, 0.3) is 0 Å². The number of halogens is 1. The van der Waals surface area contributed by atoms with E-state index in [1.807, 2.05) is 26.8 Å². The van der Waals surface area contributed by atoms with Crippen LogP contribution in [0.1, 0.15) is 16.7 Å². The number of ether oxygens (including phenoxy) is 2. The molecule has 106 valence electrons. The number of hydrogen-bond acceptors (Lipinski definition) is 5. The number of aromatic hydroxyl groups is 1. The lowest BCUT2D eigenvalue weighted by atomic mass is 10.0. The van der Waals surface area contributed by atoms with Crippen molar-refractivity contribution < 1.29 is 14.6 Å². The number of methoxy groups -OCH3 is 1. The highest BCUT2D eigenvalue weighted by atomic mass is 35.5. The van der Waals surface area contributed by atoms with Crippen LogP contribution in [0, 0.1) is 20.8 Å². The summed E-state index contributed by atoms with van der Waals surface area (Å²) in [5.74, 6) is 0.924. The predicted molar refractivity (Wildman–Crippen MR) is 76.0 cm³/mol. The molecule has 0 amide bonds. The Kier molecular flexibility index (Phi) is 3.99. The molecule has 0 fully saturated rings. The van der Waals surface area contributed by atoms with Gasteiger partial charge < -0.3 is 14.6 Å². The van der Waals surface area contributed by atoms with Crippen LogP contribution < -0.4 is 9.47 Å². The van der Waals surface area contributed by atoms with Gasteiger partial charge in [0.25, 0.3) is 5.88 Å². The van der Waals surface area contributed by atoms with E-state index in [-0.39, 0.29) is 16.8 Å². The van der Waals surface area contributed by atoms with E-state index in [4.69, 9.17) is 21.1 Å². The zero-order chi connectivity index (χ0) is 14.9. The summed E-state index contributed by atoms with van der Waals surface area (Å²) in [6.07, 6.45) is 0. The number of rotatable bonds is 3. The molecule has 0 spiro atoms. The van der Waals surface area contributed by atoms with Crippen LogP contribution in [0.2, 0.25) is 5.15 Å². The van der Waals surface area contributed by atoms with Gasteiger partial charge in [0, 0.05) is 6.07 Å². The fourth-order valence-electron chi connectivity index (χ4n) is 1.92. The molecule has 0 unspecified atom stereocenters. The van der Waals surface area contributed by atoms with Gasteiger partial charge in [-0.25, -0.2) is 0 Å². The van der Waals surface area contributed by atoms with E-state index in [1.54, 1.807) is 7.11 Å². The number of benzene rings is 1. The van der Waals surface area contributed by atoms with Gasteiger partial charge in [-0.15, -0.1) is 10.2 Å². The number of aryl methyl sites for hydroxylation is 2. The summed E-state index contributed by atoms with van der Waals surface area (Å²) < 4.78 is 11.0. The number of hydrogen-bond donors (Lipinski definition) is 1. The average molecular weight is 295 g/mol. The third kappa shape index (κ3) is 2.63. The highest BCUT2D eigenvalue weighted by Crippen LogP contribution is 2.40. The molecule has 2 rings (SSSR count). The van der Waals surface area contributed by atoms with Crippen molar-refractivity contribution in [1.29, 1.82) is 0 Å². The van der Waals surface area contributed by atoms with Crippen LogP contribution in [-0.2, 0) is 0 Å². The van der Waals surface area contributed by atoms with Crippen molar-refractivity contribution in [2.24, 2.45) is 0 Å². The smallest absolute Gasteiger partial charge is 0.281 e. The van der Waals surface area contributed by atoms with E-state index >= 15 is 0 Å². The zero-order valence-corrected chi connectivity index (χ0v) is 12.4. The minimum Gasteiger partial charge on any atom is -0.503 e. The first-order valence-electron chi connectivity index (χ1n) is 5.99. The van der Waals surface area contributed by atoms with Gasteiger partial charge in [-0.2, -0.15) is 0 Å². The third-order valence-corrected chi connectivity index (χ3v) is 3.23. The third-order valence-electron chi connectivity index (χ3n) is 3.04. The molecular formula is C14H15ClN2O3. The maximum absolute atomic E-state index is 9.79. The van der Waals surface area contributed by atoms with E-state index in [1.165, 1.54) is 6.07 Å². The van der Waals surface area contributed by atoms with Crippen molar-refractivity contribution in [1.82, 2.24) is 10.2 Å². The molecule has 6 heteroatoms. The normalized spacial score (nSPS) is 10.4. The SMILES string of the molecule is COc1c(C)cc(C)c(C)c1Oc1nnc(Cl)cc1O. The van der Waals surface area contributed by atoms with Crippen molar-refractivity contribution in [3.8, 4) is 23.1 Å². The van der Waals surface area contributed by atoms with Gasteiger partial charge in [0.2, 0.25) is 0 Å². The monoisotopic (exact) mass is 294 g/mol. The van der Waals surface area contributed by atoms with Crippen LogP contribution >= 0.6 is 11.6 Å². The molecular weight excluding hydrogens is 280 g/mol. The summed E-state index contributed by atoms with van der Waals surface area (Å²) in [4.78, 5) is 0. The largest absolute Gasteiger partial charge is 0.503 e. The van der Waals surface area contributed by atoms with Gasteiger partial charge in [-0.3, -0.25) is 0 Å². The van der Waals surface area contributed by atoms with E-state index in [0.29, 0.717) is 11.5 Å². The first-order valence-corrected chi connectivity index (χ1v) is 6.36. The highest BCUT2D eigenvalue weighted by Gasteiger charge is 2.17. The Morgan fingerprint density at radius 1 is 1.05 bits per heavy atom. The lowest BCUT2D eigenvalue weighted by molar-refractivity contribution is 0.352. The molecule has 0 atom stereocenters. The topological polar surface area (TPSA) is 64.5 Å². The van der Waals surface area contributed by atoms with E-state index in [0.717, 1.165) is 16.7 Å². The highest BCUT2D eigenvalue weighted by molar-refractivity contribution is 6.29. The van der Waals surface area contributed by atoms with Crippen molar-refractivity contribution in [3.05, 3.63) is 34.0 Å². The molecule has 0 aliphatic carbocycles. The Morgan fingerprint density at radius 3 is 2.35 bits per heavy atom. The number of nitrogens with zero attached hydrogens (tertiary/aromatic N) is 2. The van der Waals surface area contributed by atoms with Crippen LogP contribution in [0.15, 0.2) is 12.1 Å². The summed E-state index contributed by atoms with van der Waals surface area (Å²) in [5.41, 5.74) is 2.90. The van der Waals surface area contributed by atoms with Gasteiger partial charge in [0.05, 0.1) is 7.11 Å². The molecule has 0 saturated carbocycles. The fourth-order valence-corrected chi connectivity index (χ4v) is 2.06. The summed E-state index contributed by atoms with van der Waals surface area (Å²) in [5, 5.41) is 17.3. The van der Waals surface area contributed by atoms with Crippen LogP contribution in [0.5, 0.6) is 23.1 Å². The van der Waals surface area contributed by atoms with Gasteiger partial charge in [0.1, 0.15) is 0 Å². The quantitative estimate of drug-likeness (QED) is 0.937. The molecule has 0 radical (unpaired) electrons. The lowest BCUT2D eigenvalue weighted by Gasteiger charge is -2.16. The van der Waals surface area contributed by atoms with Crippen LogP contribution in [0.4, 0.5) is 0 Å². The molecule has 2 aromatic rings. The molecule has 0 bridgehead atoms. The van der Waals surface area contributed by atoms with Crippen molar-refractivity contribution >= 4 is 11.6 Å². The second-order valence-electron chi connectivity index (χ2n) is 4.46. The van der Waals surface area contributed by atoms with Gasteiger partial charge in [-0.1, -0.05) is 17.7 Å². The summed E-state index contributed by atoms with van der Waals surface area (Å²) in [6.45, 7) is 5.81. The summed E-state index contributed by atoms with van der Waals surface area (Å²) in [7, 11) is 1.57. The minimum atomic E-state index is -0.175. The van der Waals surface area contributed by atoms with Gasteiger partial charge in [0.15, 0.2) is 22.4 Å². The predicted octanol–water partition coefficient (Wildman–Crippen LogP) is 3.56. The molecule has 1 aromatic carbocycles. The maximum Gasteiger partial charge on any atom is 0.281 e. The van der Waals surface area contributed by atoms with E-state index < -0.39 is 0 Å². The Hall–Kier alpha value is -2.01. The minimum absolute atomic E-state index is 0.0131. The summed E-state index contributed by atoms with van der Waals surface area (Å²) in [6, 6.07) is 3.28. The molecule has 1 N–H and O–H groups in total. The average Bonchev–Trinajstić information content (AvgIpc) is 2.38. The molecule has 20 heavy (non-hydrogen) atoms. The molecule has 0 saturated heterocycles. The summed E-state index contributed by atoms with van der Waals surface area (Å²) >= 11 is 5.65. The van der Waals surface area contributed by atoms with Crippen LogP contribution in [0.3, 0.4) is 0 Å². The van der Waals surface area contributed by atoms with Crippen molar-refractivity contribution in [2.45, 2.75) is 20.8 Å². The fraction of sp³-hybridized carbons (Fsp3) is 0.286. The van der Waals surface area contributed by atoms with Crippen molar-refractivity contribution in [2.75, 3.05) is 7.11 Å². The number of aromatic nitrogens is 2. The Bertz CT molecular complexity index is 659. The first-order chi connectivity index (χ1) is 9.43. The first kappa shape index (κ1) is 14.4.